The number of urea groups is 1. The van der Waals surface area contributed by atoms with E-state index in [2.05, 4.69) is 10.4 Å². The fraction of sp³-hybridized carbons (Fsp3) is 0.500. The molecule has 1 aromatic heterocycles. The van der Waals surface area contributed by atoms with E-state index >= 15 is 0 Å². The van der Waals surface area contributed by atoms with Gasteiger partial charge in [-0.3, -0.25) is 9.48 Å². The van der Waals surface area contributed by atoms with Gasteiger partial charge in [0.1, 0.15) is 6.54 Å². The molecule has 7 heteroatoms. The first-order valence-electron chi connectivity index (χ1n) is 5.18. The van der Waals surface area contributed by atoms with E-state index in [9.17, 15) is 9.59 Å². The molecule has 0 spiro atoms. The van der Waals surface area contributed by atoms with E-state index in [1.165, 1.54) is 13.2 Å². The van der Waals surface area contributed by atoms with Crippen molar-refractivity contribution in [2.45, 2.75) is 19.9 Å². The highest BCUT2D eigenvalue weighted by Crippen LogP contribution is 2.10. The second-order valence-corrected chi connectivity index (χ2v) is 3.98. The van der Waals surface area contributed by atoms with Crippen LogP contribution in [0, 0.1) is 0 Å². The third-order valence-corrected chi connectivity index (χ3v) is 2.10. The summed E-state index contributed by atoms with van der Waals surface area (Å²) in [7, 11) is 1.41. The highest BCUT2D eigenvalue weighted by atomic mass is 16.4. The van der Waals surface area contributed by atoms with Gasteiger partial charge in [-0.2, -0.15) is 5.10 Å². The number of amides is 2. The van der Waals surface area contributed by atoms with Crippen LogP contribution in [0.4, 0.5) is 10.5 Å². The van der Waals surface area contributed by atoms with Gasteiger partial charge in [0.25, 0.3) is 0 Å². The van der Waals surface area contributed by atoms with Crippen molar-refractivity contribution in [1.82, 2.24) is 14.7 Å². The minimum absolute atomic E-state index is 0.206. The molecular weight excluding hydrogens is 224 g/mol. The van der Waals surface area contributed by atoms with E-state index in [0.29, 0.717) is 5.69 Å². The number of likely N-dealkylation sites (N-methyl/N-ethyl adjacent to an activating group) is 1. The molecule has 1 rings (SSSR count). The Kier molecular flexibility index (Phi) is 4.08. The second kappa shape index (κ2) is 5.33. The van der Waals surface area contributed by atoms with Crippen molar-refractivity contribution in [3.8, 4) is 0 Å². The lowest BCUT2D eigenvalue weighted by Gasteiger charge is -2.14. The summed E-state index contributed by atoms with van der Waals surface area (Å²) in [5.74, 6) is -1.06. The van der Waals surface area contributed by atoms with Crippen LogP contribution in [0.5, 0.6) is 0 Å². The molecule has 0 saturated heterocycles. The van der Waals surface area contributed by atoms with Crippen molar-refractivity contribution < 1.29 is 14.7 Å². The maximum Gasteiger partial charge on any atom is 0.323 e. The molecule has 2 amide bonds. The minimum atomic E-state index is -1.06. The third-order valence-electron chi connectivity index (χ3n) is 2.10. The number of hydrogen-bond acceptors (Lipinski definition) is 3. The van der Waals surface area contributed by atoms with Crippen LogP contribution in [0.3, 0.4) is 0 Å². The van der Waals surface area contributed by atoms with Crippen molar-refractivity contribution in [2.75, 3.05) is 18.9 Å². The molecule has 0 radical (unpaired) electrons. The standard InChI is InChI=1S/C10H16N4O3/c1-7(2)14-5-8(4-11-14)12-10(17)13(3)6-9(15)16/h4-5,7H,6H2,1-3H3,(H,12,17)(H,15,16). The summed E-state index contributed by atoms with van der Waals surface area (Å²) >= 11 is 0. The van der Waals surface area contributed by atoms with Gasteiger partial charge in [0.05, 0.1) is 11.9 Å². The van der Waals surface area contributed by atoms with Crippen molar-refractivity contribution in [3.05, 3.63) is 12.4 Å². The molecule has 94 valence electrons. The number of hydrogen-bond donors (Lipinski definition) is 2. The molecule has 0 saturated carbocycles. The number of aromatic nitrogens is 2. The molecule has 0 aromatic carbocycles. The fourth-order valence-electron chi connectivity index (χ4n) is 1.18. The summed E-state index contributed by atoms with van der Waals surface area (Å²) in [5.41, 5.74) is 0.543. The van der Waals surface area contributed by atoms with Crippen molar-refractivity contribution in [3.63, 3.8) is 0 Å². The van der Waals surface area contributed by atoms with Gasteiger partial charge in [0.15, 0.2) is 0 Å². The monoisotopic (exact) mass is 240 g/mol. The zero-order chi connectivity index (χ0) is 13.0. The molecule has 0 bridgehead atoms. The average molecular weight is 240 g/mol. The average Bonchev–Trinajstić information content (AvgIpc) is 2.65. The summed E-state index contributed by atoms with van der Waals surface area (Å²) in [4.78, 5) is 23.0. The van der Waals surface area contributed by atoms with E-state index < -0.39 is 12.0 Å². The van der Waals surface area contributed by atoms with Gasteiger partial charge in [-0.1, -0.05) is 0 Å². The summed E-state index contributed by atoms with van der Waals surface area (Å²) < 4.78 is 1.70. The lowest BCUT2D eigenvalue weighted by atomic mass is 10.4. The topological polar surface area (TPSA) is 87.5 Å². The van der Waals surface area contributed by atoms with Crippen LogP contribution >= 0.6 is 0 Å². The molecule has 0 aliphatic rings. The van der Waals surface area contributed by atoms with Crippen LogP contribution in [-0.2, 0) is 4.79 Å². The normalized spacial score (nSPS) is 10.4. The van der Waals surface area contributed by atoms with E-state index in [4.69, 9.17) is 5.11 Å². The van der Waals surface area contributed by atoms with Crippen LogP contribution in [0.2, 0.25) is 0 Å². The van der Waals surface area contributed by atoms with Crippen LogP contribution in [0.15, 0.2) is 12.4 Å². The Morgan fingerprint density at radius 1 is 1.59 bits per heavy atom. The smallest absolute Gasteiger partial charge is 0.323 e. The van der Waals surface area contributed by atoms with Gasteiger partial charge in [0.2, 0.25) is 0 Å². The van der Waals surface area contributed by atoms with Gasteiger partial charge in [-0.25, -0.2) is 4.79 Å². The maximum absolute atomic E-state index is 11.5. The van der Waals surface area contributed by atoms with E-state index in [1.807, 2.05) is 13.8 Å². The second-order valence-electron chi connectivity index (χ2n) is 3.98. The lowest BCUT2D eigenvalue weighted by Crippen LogP contribution is -2.35. The molecule has 0 aliphatic heterocycles. The Hall–Kier alpha value is -2.05. The van der Waals surface area contributed by atoms with Crippen LogP contribution in [0.1, 0.15) is 19.9 Å². The number of carboxylic acids is 1. The Bertz CT molecular complexity index is 413. The van der Waals surface area contributed by atoms with Crippen molar-refractivity contribution in [1.29, 1.82) is 0 Å². The molecule has 0 fully saturated rings. The summed E-state index contributed by atoms with van der Waals surface area (Å²) in [6.07, 6.45) is 3.21. The molecule has 1 heterocycles. The number of anilines is 1. The van der Waals surface area contributed by atoms with Crippen LogP contribution in [0.25, 0.3) is 0 Å². The molecule has 0 unspecified atom stereocenters. The number of aliphatic carboxylic acids is 1. The predicted octanol–water partition coefficient (Wildman–Crippen LogP) is 1.01. The third kappa shape index (κ3) is 3.78. The maximum atomic E-state index is 11.5. The Labute approximate surface area is 99.0 Å². The number of nitrogens with one attached hydrogen (secondary N) is 1. The Balaban J connectivity index is 2.58. The summed E-state index contributed by atoms with van der Waals surface area (Å²) in [6, 6.07) is -0.270. The number of carbonyl (C=O) groups is 2. The molecule has 17 heavy (non-hydrogen) atoms. The van der Waals surface area contributed by atoms with Gasteiger partial charge in [-0.15, -0.1) is 0 Å². The van der Waals surface area contributed by atoms with Gasteiger partial charge in [-0.05, 0) is 13.8 Å². The summed E-state index contributed by atoms with van der Waals surface area (Å²) in [6.45, 7) is 3.59. The van der Waals surface area contributed by atoms with Gasteiger partial charge >= 0.3 is 12.0 Å². The molecule has 2 N–H and O–H groups in total. The quantitative estimate of drug-likeness (QED) is 0.822. The molecule has 1 aromatic rings. The largest absolute Gasteiger partial charge is 0.480 e. The molecule has 0 atom stereocenters. The van der Waals surface area contributed by atoms with Crippen molar-refractivity contribution in [2.24, 2.45) is 0 Å². The number of carboxylic acid groups (broad SMARTS) is 1. The highest BCUT2D eigenvalue weighted by molar-refractivity contribution is 5.90. The predicted molar refractivity (Wildman–Crippen MR) is 61.9 cm³/mol. The summed E-state index contributed by atoms with van der Waals surface area (Å²) in [5, 5.41) is 15.2. The Morgan fingerprint density at radius 2 is 2.24 bits per heavy atom. The van der Waals surface area contributed by atoms with E-state index in [0.717, 1.165) is 4.90 Å². The number of rotatable bonds is 4. The number of nitrogens with zero attached hydrogens (tertiary/aromatic N) is 3. The first-order valence-corrected chi connectivity index (χ1v) is 5.18. The number of carbonyl (C=O) groups excluding carboxylic acids is 1. The van der Waals surface area contributed by atoms with E-state index in [1.54, 1.807) is 10.9 Å². The van der Waals surface area contributed by atoms with Crippen molar-refractivity contribution >= 4 is 17.7 Å². The first-order chi connectivity index (χ1) is 7.90. The highest BCUT2D eigenvalue weighted by Gasteiger charge is 2.12. The zero-order valence-corrected chi connectivity index (χ0v) is 10.0. The molecule has 7 nitrogen and oxygen atoms in total. The van der Waals surface area contributed by atoms with Crippen LogP contribution < -0.4 is 5.32 Å². The fourth-order valence-corrected chi connectivity index (χ4v) is 1.18. The van der Waals surface area contributed by atoms with Gasteiger partial charge in [0, 0.05) is 19.3 Å². The Morgan fingerprint density at radius 3 is 2.71 bits per heavy atom. The minimum Gasteiger partial charge on any atom is -0.480 e. The molecule has 0 aliphatic carbocycles. The van der Waals surface area contributed by atoms with E-state index in [-0.39, 0.29) is 12.6 Å². The van der Waals surface area contributed by atoms with Crippen LogP contribution in [-0.4, -0.2) is 45.4 Å². The SMILES string of the molecule is CC(C)n1cc(NC(=O)N(C)CC(=O)O)cn1. The first kappa shape index (κ1) is 13.0. The zero-order valence-electron chi connectivity index (χ0n) is 10.0. The lowest BCUT2D eigenvalue weighted by molar-refractivity contribution is -0.137. The molecular formula is C10H16N4O3. The van der Waals surface area contributed by atoms with Gasteiger partial charge < -0.3 is 15.3 Å².